The van der Waals surface area contributed by atoms with Crippen LogP contribution in [0.3, 0.4) is 0 Å². The van der Waals surface area contributed by atoms with E-state index < -0.39 is 52.4 Å². The van der Waals surface area contributed by atoms with Crippen LogP contribution in [0.4, 0.5) is 5.69 Å². The van der Waals surface area contributed by atoms with E-state index in [1.54, 1.807) is 29.2 Å². The van der Waals surface area contributed by atoms with Crippen LogP contribution in [0, 0.1) is 0 Å². The maximum Gasteiger partial charge on any atom is 0.323 e. The highest BCUT2D eigenvalue weighted by Gasteiger charge is 2.35. The van der Waals surface area contributed by atoms with E-state index in [0.717, 1.165) is 32.6 Å². The second-order valence-electron chi connectivity index (χ2n) is 9.83. The number of aromatic nitrogens is 1. The number of thiocarbonyl (C=S) groups is 1. The number of anilines is 1. The van der Waals surface area contributed by atoms with Gasteiger partial charge in [0, 0.05) is 24.4 Å². The normalized spacial score (nSPS) is 18.5. The van der Waals surface area contributed by atoms with Gasteiger partial charge in [0.25, 0.3) is 11.5 Å². The summed E-state index contributed by atoms with van der Waals surface area (Å²) in [5.41, 5.74) is 0.505. The minimum absolute atomic E-state index is 0.0148. The Morgan fingerprint density at radius 3 is 2.43 bits per heavy atom. The van der Waals surface area contributed by atoms with Crippen LogP contribution in [0.2, 0.25) is 0 Å². The van der Waals surface area contributed by atoms with Crippen molar-refractivity contribution in [1.29, 1.82) is 0 Å². The number of thiazole rings is 1. The first kappa shape index (κ1) is 33.2. The molecular weight excluding hydrogens is 687 g/mol. The Balaban J connectivity index is 1.54. The van der Waals surface area contributed by atoms with Gasteiger partial charge >= 0.3 is 11.9 Å². The van der Waals surface area contributed by atoms with Crippen LogP contribution in [0.5, 0.6) is 17.2 Å². The summed E-state index contributed by atoms with van der Waals surface area (Å²) in [6.07, 6.45) is 5.22. The van der Waals surface area contributed by atoms with Crippen LogP contribution >= 0.6 is 35.3 Å². The van der Waals surface area contributed by atoms with Crippen molar-refractivity contribution in [2.45, 2.75) is 26.3 Å². The first-order chi connectivity index (χ1) is 21.8. The van der Waals surface area contributed by atoms with Gasteiger partial charge in [-0.15, -0.1) is 11.3 Å². The molecule has 5 rings (SSSR count). The molecule has 0 radical (unpaired) electrons. The van der Waals surface area contributed by atoms with Crippen molar-refractivity contribution in [1.82, 2.24) is 9.47 Å². The summed E-state index contributed by atoms with van der Waals surface area (Å²) in [6, 6.07) is 3.32. The van der Waals surface area contributed by atoms with Crippen molar-refractivity contribution >= 4 is 84.3 Å². The number of carbonyl (C=O) groups excluding carboxylic acids is 1. The number of aliphatic carboxylic acids is 2. The average Bonchev–Trinajstić information content (AvgIpc) is 3.71. The molecule has 0 unspecified atom stereocenters. The zero-order valence-corrected chi connectivity index (χ0v) is 27.1. The van der Waals surface area contributed by atoms with E-state index in [4.69, 9.17) is 31.5 Å². The van der Waals surface area contributed by atoms with E-state index in [2.05, 4.69) is 0 Å². The smallest absolute Gasteiger partial charge is 0.323 e. The molecule has 2 aromatic rings. The average molecular weight is 711 g/mol. The number of thioether (sulfide) groups is 1. The zero-order chi connectivity index (χ0) is 33.3. The number of allylic oxidation sites excluding steroid dienone is 3. The Kier molecular flexibility index (Phi) is 9.59. The van der Waals surface area contributed by atoms with Crippen molar-refractivity contribution < 1.29 is 51.8 Å². The molecule has 0 spiro atoms. The van der Waals surface area contributed by atoms with Gasteiger partial charge in [-0.2, -0.15) is 0 Å². The first-order valence-corrected chi connectivity index (χ1v) is 17.0. The van der Waals surface area contributed by atoms with Crippen LogP contribution in [-0.2, 0) is 31.0 Å². The van der Waals surface area contributed by atoms with Gasteiger partial charge in [0.05, 0.1) is 20.3 Å². The number of hydrogen-bond acceptors (Lipinski definition) is 14. The molecular formula is C27H24N3O12S4-. The predicted octanol–water partition coefficient (Wildman–Crippen LogP) is 0.569. The van der Waals surface area contributed by atoms with Crippen molar-refractivity contribution in [3.63, 3.8) is 0 Å². The standard InChI is InChI=1S/C27H25N3O12S4/c1-2-14(4-5-20-28(6-3-7-46(37,38)39)15-9-17-18(41-13-40-17)10-16(15)42-20)8-19-24(35)29(11-21(31)32)26(44-19)23-25(36)30(12-22(33)34)27(43)45-23/h4-5,8-10H,2-3,6-7,11-13H2,1H3,(H,31,32)(H,33,34)(H,37,38,39)/p-1/b14-4?,19-8?,20-5?,26-23+. The minimum atomic E-state index is -4.44. The summed E-state index contributed by atoms with van der Waals surface area (Å²) in [6.45, 7) is 0.550. The maximum atomic E-state index is 13.4. The summed E-state index contributed by atoms with van der Waals surface area (Å²) >= 11 is 6.81. The van der Waals surface area contributed by atoms with Crippen LogP contribution in [0.1, 0.15) is 19.8 Å². The number of hydrogen-bond donors (Lipinski definition) is 2. The van der Waals surface area contributed by atoms with Gasteiger partial charge in [-0.3, -0.25) is 28.6 Å². The van der Waals surface area contributed by atoms with E-state index in [1.165, 1.54) is 6.08 Å². The fraction of sp³-hybridized carbons (Fsp3) is 0.296. The summed E-state index contributed by atoms with van der Waals surface area (Å²) in [5.74, 6) is -2.29. The summed E-state index contributed by atoms with van der Waals surface area (Å²) in [4.78, 5) is 51.7. The Morgan fingerprint density at radius 2 is 1.78 bits per heavy atom. The Hall–Kier alpha value is -4.17. The highest BCUT2D eigenvalue weighted by atomic mass is 32.2. The molecule has 244 valence electrons. The van der Waals surface area contributed by atoms with Crippen LogP contribution in [-0.4, -0.2) is 80.5 Å². The van der Waals surface area contributed by atoms with Gasteiger partial charge in [0.15, 0.2) is 17.2 Å². The molecule has 3 aliphatic rings. The first-order valence-electron chi connectivity index (χ1n) is 13.4. The Labute approximate surface area is 274 Å². The monoisotopic (exact) mass is 710 g/mol. The number of carboxylic acids is 2. The number of nitrogens with zero attached hydrogens (tertiary/aromatic N) is 3. The predicted molar refractivity (Wildman–Crippen MR) is 169 cm³/mol. The van der Waals surface area contributed by atoms with Crippen molar-refractivity contribution in [3.05, 3.63) is 55.3 Å². The van der Waals surface area contributed by atoms with E-state index in [-0.39, 0.29) is 38.2 Å². The Morgan fingerprint density at radius 1 is 1.09 bits per heavy atom. The quantitative estimate of drug-likeness (QED) is 0.242. The maximum absolute atomic E-state index is 13.4. The van der Waals surface area contributed by atoms with Gasteiger partial charge < -0.3 is 33.9 Å². The number of carbonyl (C=O) groups is 3. The van der Waals surface area contributed by atoms with Crippen LogP contribution < -0.4 is 33.9 Å². The molecule has 0 bridgehead atoms. The number of amides is 1. The summed E-state index contributed by atoms with van der Waals surface area (Å²) < 4.78 is 51.6. The number of benzene rings is 1. The summed E-state index contributed by atoms with van der Waals surface area (Å²) in [7, 11) is -4.44. The molecule has 1 amide bonds. The number of rotatable bonds is 11. The molecule has 1 aromatic heterocycles. The lowest BCUT2D eigenvalue weighted by Crippen LogP contribution is -2.36. The number of carboxylic acid groups (broad SMARTS) is 2. The topological polar surface area (TPSA) is 205 Å². The summed E-state index contributed by atoms with van der Waals surface area (Å²) in [5, 5.41) is 18.6. The highest BCUT2D eigenvalue weighted by molar-refractivity contribution is 8.30. The van der Waals surface area contributed by atoms with Crippen molar-refractivity contribution in [3.8, 4) is 17.2 Å². The molecule has 0 aliphatic carbocycles. The zero-order valence-electron chi connectivity index (χ0n) is 23.8. The fourth-order valence-corrected chi connectivity index (χ4v) is 7.64. The van der Waals surface area contributed by atoms with E-state index >= 15 is 0 Å². The molecule has 3 aliphatic heterocycles. The largest absolute Gasteiger partial charge is 0.748 e. The van der Waals surface area contributed by atoms with Gasteiger partial charge in [-0.05, 0) is 30.6 Å². The molecule has 1 aromatic carbocycles. The van der Waals surface area contributed by atoms with Crippen molar-refractivity contribution in [2.24, 2.45) is 0 Å². The van der Waals surface area contributed by atoms with Crippen LogP contribution in [0.15, 0.2) is 40.5 Å². The van der Waals surface area contributed by atoms with E-state index in [1.807, 2.05) is 6.92 Å². The molecule has 46 heavy (non-hydrogen) atoms. The Bertz CT molecular complexity index is 2010. The number of ether oxygens (including phenoxy) is 3. The third-order valence-electron chi connectivity index (χ3n) is 6.70. The lowest BCUT2D eigenvalue weighted by Gasteiger charge is -2.19. The van der Waals surface area contributed by atoms with Crippen molar-refractivity contribution in [2.75, 3.05) is 30.5 Å². The lowest BCUT2D eigenvalue weighted by molar-refractivity contribution is -0.140. The molecule has 15 nitrogen and oxygen atoms in total. The molecule has 4 heterocycles. The lowest BCUT2D eigenvalue weighted by atomic mass is 10.2. The molecule has 1 fully saturated rings. The SMILES string of the molecule is CCC(=CC=C1Oc2cc3c(cc2N1CCCS(=O)(=O)[O-])OCO3)C=c1s/c(=C2/SC(=S)N(CC(=O)O)C2=O)n(CC(=O)O)c1=O. The second-order valence-corrected chi connectivity index (χ2v) is 14.0. The molecule has 2 N–H and O–H groups in total. The molecule has 0 atom stereocenters. The highest BCUT2D eigenvalue weighted by Crippen LogP contribution is 2.47. The molecule has 0 saturated carbocycles. The minimum Gasteiger partial charge on any atom is -0.748 e. The molecule has 19 heteroatoms. The van der Waals surface area contributed by atoms with E-state index in [9.17, 15) is 37.3 Å². The third-order valence-corrected chi connectivity index (χ3v) is 10.2. The van der Waals surface area contributed by atoms with Gasteiger partial charge in [0.1, 0.15) is 27.0 Å². The molecule has 1 saturated heterocycles. The van der Waals surface area contributed by atoms with E-state index in [0.29, 0.717) is 40.8 Å². The van der Waals surface area contributed by atoms with Crippen LogP contribution in [0.25, 0.3) is 11.0 Å². The van der Waals surface area contributed by atoms with Gasteiger partial charge in [0.2, 0.25) is 12.7 Å². The number of fused-ring (bicyclic) bond motifs is 2. The third kappa shape index (κ3) is 7.12. The second kappa shape index (κ2) is 13.3. The van der Waals surface area contributed by atoms with Gasteiger partial charge in [-0.1, -0.05) is 37.0 Å². The van der Waals surface area contributed by atoms with Gasteiger partial charge in [-0.25, -0.2) is 8.42 Å². The fourth-order valence-electron chi connectivity index (χ4n) is 4.63.